The van der Waals surface area contributed by atoms with Crippen LogP contribution < -0.4 is 11.3 Å². The quantitative estimate of drug-likeness (QED) is 0.633. The van der Waals surface area contributed by atoms with Gasteiger partial charge in [-0.2, -0.15) is 0 Å². The molecule has 0 saturated carbocycles. The zero-order valence-electron chi connectivity index (χ0n) is 11.7. The summed E-state index contributed by atoms with van der Waals surface area (Å²) in [4.78, 5) is 0. The summed E-state index contributed by atoms with van der Waals surface area (Å²) in [5.41, 5.74) is 8.19. The van der Waals surface area contributed by atoms with E-state index in [9.17, 15) is 0 Å². The molecular weight excluding hydrogens is 232 g/mol. The summed E-state index contributed by atoms with van der Waals surface area (Å²) in [5.74, 6) is 5.74. The second kappa shape index (κ2) is 6.50. The molecule has 0 spiro atoms. The van der Waals surface area contributed by atoms with E-state index in [1.165, 1.54) is 22.3 Å². The van der Waals surface area contributed by atoms with Crippen molar-refractivity contribution in [2.45, 2.75) is 32.7 Å². The van der Waals surface area contributed by atoms with Gasteiger partial charge in [0.05, 0.1) is 0 Å². The Balaban J connectivity index is 2.10. The number of nitrogens with one attached hydrogen (secondary N) is 1. The van der Waals surface area contributed by atoms with Gasteiger partial charge >= 0.3 is 0 Å². The van der Waals surface area contributed by atoms with Gasteiger partial charge in [0, 0.05) is 6.04 Å². The molecule has 2 aromatic carbocycles. The van der Waals surface area contributed by atoms with Crippen LogP contribution in [0, 0.1) is 13.8 Å². The van der Waals surface area contributed by atoms with Crippen LogP contribution >= 0.6 is 0 Å². The van der Waals surface area contributed by atoms with E-state index in [4.69, 9.17) is 5.84 Å². The molecule has 0 radical (unpaired) electrons. The van der Waals surface area contributed by atoms with Crippen LogP contribution in [0.3, 0.4) is 0 Å². The van der Waals surface area contributed by atoms with Crippen LogP contribution in [0.5, 0.6) is 0 Å². The van der Waals surface area contributed by atoms with Gasteiger partial charge in [-0.3, -0.25) is 11.3 Å². The van der Waals surface area contributed by atoms with E-state index in [0.717, 1.165) is 12.8 Å². The predicted molar refractivity (Wildman–Crippen MR) is 80.7 cm³/mol. The molecule has 2 aromatic rings. The Bertz CT molecular complexity index is 520. The van der Waals surface area contributed by atoms with Crippen LogP contribution in [0.4, 0.5) is 0 Å². The van der Waals surface area contributed by atoms with E-state index in [-0.39, 0.29) is 6.04 Å². The topological polar surface area (TPSA) is 38.0 Å². The Labute approximate surface area is 115 Å². The normalized spacial score (nSPS) is 12.4. The number of nitrogens with two attached hydrogens (primary N) is 1. The highest BCUT2D eigenvalue weighted by Gasteiger charge is 2.12. The maximum atomic E-state index is 5.74. The fourth-order valence-corrected chi connectivity index (χ4v) is 2.42. The standard InChI is InChI=1S/C17H22N2/c1-13-8-9-14(2)16(12-13)17(19-18)11-10-15-6-4-3-5-7-15/h3-9,12,17,19H,10-11,18H2,1-2H3. The van der Waals surface area contributed by atoms with Crippen LogP contribution in [-0.4, -0.2) is 0 Å². The molecule has 0 fully saturated rings. The van der Waals surface area contributed by atoms with Crippen molar-refractivity contribution in [2.75, 3.05) is 0 Å². The van der Waals surface area contributed by atoms with E-state index >= 15 is 0 Å². The number of hydrazine groups is 1. The number of aryl methyl sites for hydroxylation is 3. The van der Waals surface area contributed by atoms with Gasteiger partial charge in [0.25, 0.3) is 0 Å². The van der Waals surface area contributed by atoms with Gasteiger partial charge in [-0.1, -0.05) is 54.1 Å². The zero-order chi connectivity index (χ0) is 13.7. The fourth-order valence-electron chi connectivity index (χ4n) is 2.42. The van der Waals surface area contributed by atoms with Crippen molar-refractivity contribution in [1.82, 2.24) is 5.43 Å². The average Bonchev–Trinajstić information content (AvgIpc) is 2.44. The van der Waals surface area contributed by atoms with Gasteiger partial charge in [0.2, 0.25) is 0 Å². The molecule has 100 valence electrons. The van der Waals surface area contributed by atoms with E-state index in [2.05, 4.69) is 61.7 Å². The van der Waals surface area contributed by atoms with Gasteiger partial charge in [-0.05, 0) is 43.4 Å². The Morgan fingerprint density at radius 2 is 1.79 bits per heavy atom. The number of rotatable bonds is 5. The van der Waals surface area contributed by atoms with Crippen molar-refractivity contribution in [3.8, 4) is 0 Å². The van der Waals surface area contributed by atoms with Crippen LogP contribution in [0.25, 0.3) is 0 Å². The lowest BCUT2D eigenvalue weighted by Gasteiger charge is -2.19. The molecule has 0 amide bonds. The van der Waals surface area contributed by atoms with E-state index < -0.39 is 0 Å². The van der Waals surface area contributed by atoms with Crippen molar-refractivity contribution < 1.29 is 0 Å². The minimum atomic E-state index is 0.208. The Hall–Kier alpha value is -1.64. The first-order chi connectivity index (χ1) is 9.20. The summed E-state index contributed by atoms with van der Waals surface area (Å²) >= 11 is 0. The van der Waals surface area contributed by atoms with Crippen LogP contribution in [0.2, 0.25) is 0 Å². The lowest BCUT2D eigenvalue weighted by Crippen LogP contribution is -2.29. The largest absolute Gasteiger partial charge is 0.271 e. The van der Waals surface area contributed by atoms with Gasteiger partial charge in [-0.15, -0.1) is 0 Å². The lowest BCUT2D eigenvalue weighted by atomic mass is 9.94. The molecule has 3 N–H and O–H groups in total. The van der Waals surface area contributed by atoms with Crippen molar-refractivity contribution in [1.29, 1.82) is 0 Å². The summed E-state index contributed by atoms with van der Waals surface area (Å²) in [6.07, 6.45) is 2.04. The highest BCUT2D eigenvalue weighted by atomic mass is 15.2. The molecule has 2 nitrogen and oxygen atoms in total. The highest BCUT2D eigenvalue weighted by Crippen LogP contribution is 2.23. The zero-order valence-corrected chi connectivity index (χ0v) is 11.7. The van der Waals surface area contributed by atoms with Crippen molar-refractivity contribution >= 4 is 0 Å². The molecule has 0 saturated heterocycles. The van der Waals surface area contributed by atoms with Crippen molar-refractivity contribution in [3.05, 3.63) is 70.8 Å². The smallest absolute Gasteiger partial charge is 0.0465 e. The number of hydrogen-bond donors (Lipinski definition) is 2. The fraction of sp³-hybridized carbons (Fsp3) is 0.294. The molecule has 0 heterocycles. The number of benzene rings is 2. The summed E-state index contributed by atoms with van der Waals surface area (Å²) < 4.78 is 0. The second-order valence-corrected chi connectivity index (χ2v) is 5.10. The van der Waals surface area contributed by atoms with Crippen LogP contribution in [-0.2, 0) is 6.42 Å². The molecule has 2 heteroatoms. The first kappa shape index (κ1) is 13.8. The molecule has 0 aromatic heterocycles. The molecule has 0 aliphatic carbocycles. The SMILES string of the molecule is Cc1ccc(C)c(C(CCc2ccccc2)NN)c1. The third kappa shape index (κ3) is 3.66. The maximum absolute atomic E-state index is 5.74. The van der Waals surface area contributed by atoms with Gasteiger partial charge in [-0.25, -0.2) is 0 Å². The molecule has 0 aliphatic rings. The summed E-state index contributed by atoms with van der Waals surface area (Å²) in [7, 11) is 0. The van der Waals surface area contributed by atoms with Crippen LogP contribution in [0.1, 0.15) is 34.7 Å². The molecule has 0 aliphatic heterocycles. The van der Waals surface area contributed by atoms with Gasteiger partial charge in [0.15, 0.2) is 0 Å². The summed E-state index contributed by atoms with van der Waals surface area (Å²) in [6, 6.07) is 17.3. The van der Waals surface area contributed by atoms with E-state index in [0.29, 0.717) is 0 Å². The molecule has 2 rings (SSSR count). The maximum Gasteiger partial charge on any atom is 0.0465 e. The van der Waals surface area contributed by atoms with Crippen LogP contribution in [0.15, 0.2) is 48.5 Å². The van der Waals surface area contributed by atoms with Crippen molar-refractivity contribution in [2.24, 2.45) is 5.84 Å². The van der Waals surface area contributed by atoms with Crippen molar-refractivity contribution in [3.63, 3.8) is 0 Å². The molecule has 1 atom stereocenters. The molecular formula is C17H22N2. The molecule has 0 bridgehead atoms. The Morgan fingerprint density at radius 3 is 2.47 bits per heavy atom. The minimum absolute atomic E-state index is 0.208. The second-order valence-electron chi connectivity index (χ2n) is 5.10. The Morgan fingerprint density at radius 1 is 1.05 bits per heavy atom. The minimum Gasteiger partial charge on any atom is -0.271 e. The Kier molecular flexibility index (Phi) is 4.72. The predicted octanol–water partition coefficient (Wildman–Crippen LogP) is 3.44. The average molecular weight is 254 g/mol. The summed E-state index contributed by atoms with van der Waals surface area (Å²) in [5, 5.41) is 0. The third-order valence-corrected chi connectivity index (χ3v) is 3.58. The molecule has 19 heavy (non-hydrogen) atoms. The summed E-state index contributed by atoms with van der Waals surface area (Å²) in [6.45, 7) is 4.26. The monoisotopic (exact) mass is 254 g/mol. The van der Waals surface area contributed by atoms with Gasteiger partial charge < -0.3 is 0 Å². The molecule has 1 unspecified atom stereocenters. The van der Waals surface area contributed by atoms with Gasteiger partial charge in [0.1, 0.15) is 0 Å². The highest BCUT2D eigenvalue weighted by molar-refractivity contribution is 5.33. The first-order valence-corrected chi connectivity index (χ1v) is 6.78. The lowest BCUT2D eigenvalue weighted by molar-refractivity contribution is 0.514. The van der Waals surface area contributed by atoms with E-state index in [1.54, 1.807) is 0 Å². The first-order valence-electron chi connectivity index (χ1n) is 6.78. The number of hydrogen-bond acceptors (Lipinski definition) is 2. The van der Waals surface area contributed by atoms with E-state index in [1.807, 2.05) is 6.07 Å². The third-order valence-electron chi connectivity index (χ3n) is 3.58.